The van der Waals surface area contributed by atoms with Gasteiger partial charge >= 0.3 is 0 Å². The molecular weight excluding hydrogens is 260 g/mol. The SMILES string of the molecule is CCC1CCCCN1C(=O)c1cn2nc(C)sc2n1. The van der Waals surface area contributed by atoms with E-state index in [2.05, 4.69) is 17.0 Å². The lowest BCUT2D eigenvalue weighted by Gasteiger charge is -2.34. The first kappa shape index (κ1) is 12.6. The van der Waals surface area contributed by atoms with Crippen molar-refractivity contribution in [2.24, 2.45) is 0 Å². The van der Waals surface area contributed by atoms with Gasteiger partial charge in [0.15, 0.2) is 0 Å². The van der Waals surface area contributed by atoms with E-state index in [-0.39, 0.29) is 5.91 Å². The fourth-order valence-corrected chi connectivity index (χ4v) is 3.47. The molecule has 0 N–H and O–H groups in total. The molecule has 102 valence electrons. The lowest BCUT2D eigenvalue weighted by molar-refractivity contribution is 0.0602. The van der Waals surface area contributed by atoms with Gasteiger partial charge < -0.3 is 4.90 Å². The molecule has 1 atom stereocenters. The van der Waals surface area contributed by atoms with E-state index >= 15 is 0 Å². The number of carbonyl (C=O) groups is 1. The van der Waals surface area contributed by atoms with Crippen LogP contribution < -0.4 is 0 Å². The summed E-state index contributed by atoms with van der Waals surface area (Å²) in [6.45, 7) is 4.94. The number of fused-ring (bicyclic) bond motifs is 1. The van der Waals surface area contributed by atoms with Crippen LogP contribution in [0.3, 0.4) is 0 Å². The Hall–Kier alpha value is -1.43. The quantitative estimate of drug-likeness (QED) is 0.848. The summed E-state index contributed by atoms with van der Waals surface area (Å²) in [4.78, 5) is 19.7. The van der Waals surface area contributed by atoms with Crippen molar-refractivity contribution in [2.45, 2.75) is 45.6 Å². The van der Waals surface area contributed by atoms with Gasteiger partial charge in [0.25, 0.3) is 5.91 Å². The van der Waals surface area contributed by atoms with Gasteiger partial charge in [0.05, 0.1) is 6.20 Å². The number of piperidine rings is 1. The van der Waals surface area contributed by atoms with E-state index in [1.165, 1.54) is 17.8 Å². The van der Waals surface area contributed by atoms with E-state index in [0.29, 0.717) is 11.7 Å². The van der Waals surface area contributed by atoms with Gasteiger partial charge in [0, 0.05) is 12.6 Å². The minimum atomic E-state index is 0.0573. The van der Waals surface area contributed by atoms with Crippen LogP contribution >= 0.6 is 11.3 Å². The molecule has 6 heteroatoms. The number of hydrogen-bond acceptors (Lipinski definition) is 4. The molecule has 1 fully saturated rings. The highest BCUT2D eigenvalue weighted by Gasteiger charge is 2.27. The number of nitrogens with zero attached hydrogens (tertiary/aromatic N) is 4. The molecule has 0 spiro atoms. The average Bonchev–Trinajstić information content (AvgIpc) is 2.95. The smallest absolute Gasteiger partial charge is 0.274 e. The Morgan fingerprint density at radius 1 is 1.53 bits per heavy atom. The van der Waals surface area contributed by atoms with Crippen LogP contribution in [0.15, 0.2) is 6.20 Å². The Morgan fingerprint density at radius 3 is 3.11 bits per heavy atom. The molecule has 19 heavy (non-hydrogen) atoms. The van der Waals surface area contributed by atoms with Crippen molar-refractivity contribution in [1.82, 2.24) is 19.5 Å². The van der Waals surface area contributed by atoms with Crippen LogP contribution in [-0.2, 0) is 0 Å². The number of carbonyl (C=O) groups excluding carboxylic acids is 1. The number of imidazole rings is 1. The van der Waals surface area contributed by atoms with Gasteiger partial charge in [-0.25, -0.2) is 9.50 Å². The van der Waals surface area contributed by atoms with Crippen LogP contribution in [0.5, 0.6) is 0 Å². The van der Waals surface area contributed by atoms with Crippen molar-refractivity contribution in [2.75, 3.05) is 6.54 Å². The fourth-order valence-electron chi connectivity index (χ4n) is 2.74. The third-order valence-corrected chi connectivity index (χ3v) is 4.56. The van der Waals surface area contributed by atoms with E-state index in [1.54, 1.807) is 10.7 Å². The van der Waals surface area contributed by atoms with Crippen LogP contribution in [0, 0.1) is 6.92 Å². The number of aromatic nitrogens is 3. The number of rotatable bonds is 2. The van der Waals surface area contributed by atoms with Crippen LogP contribution in [0.2, 0.25) is 0 Å². The standard InChI is InChI=1S/C13H18N4OS/c1-3-10-6-4-5-7-16(10)12(18)11-8-17-13(14-11)19-9(2)15-17/h8,10H,3-7H2,1-2H3. The second-order valence-electron chi connectivity index (χ2n) is 5.03. The summed E-state index contributed by atoms with van der Waals surface area (Å²) in [6.07, 6.45) is 6.21. The maximum Gasteiger partial charge on any atom is 0.274 e. The number of amides is 1. The van der Waals surface area contributed by atoms with Crippen molar-refractivity contribution >= 4 is 22.2 Å². The molecule has 1 aliphatic rings. The van der Waals surface area contributed by atoms with Crippen molar-refractivity contribution in [3.8, 4) is 0 Å². The Morgan fingerprint density at radius 2 is 2.37 bits per heavy atom. The molecule has 0 aromatic carbocycles. The zero-order valence-corrected chi connectivity index (χ0v) is 12.1. The highest BCUT2D eigenvalue weighted by molar-refractivity contribution is 7.16. The highest BCUT2D eigenvalue weighted by Crippen LogP contribution is 2.22. The van der Waals surface area contributed by atoms with E-state index in [1.807, 2.05) is 11.8 Å². The number of aryl methyl sites for hydroxylation is 1. The summed E-state index contributed by atoms with van der Waals surface area (Å²) in [5.41, 5.74) is 0.527. The van der Waals surface area contributed by atoms with Gasteiger partial charge in [0.2, 0.25) is 4.96 Å². The summed E-state index contributed by atoms with van der Waals surface area (Å²) < 4.78 is 1.71. The van der Waals surface area contributed by atoms with Gasteiger partial charge in [-0.1, -0.05) is 18.3 Å². The molecular formula is C13H18N4OS. The highest BCUT2D eigenvalue weighted by atomic mass is 32.1. The number of hydrogen-bond donors (Lipinski definition) is 0. The zero-order chi connectivity index (χ0) is 13.4. The molecule has 0 aliphatic carbocycles. The summed E-state index contributed by atoms with van der Waals surface area (Å²) in [5, 5.41) is 5.27. The second-order valence-corrected chi connectivity index (χ2v) is 6.19. The fraction of sp³-hybridized carbons (Fsp3) is 0.615. The minimum Gasteiger partial charge on any atom is -0.334 e. The molecule has 3 heterocycles. The van der Waals surface area contributed by atoms with Crippen LogP contribution in [0.25, 0.3) is 4.96 Å². The first-order chi connectivity index (χ1) is 9.19. The van der Waals surface area contributed by atoms with Crippen molar-refractivity contribution in [1.29, 1.82) is 0 Å². The van der Waals surface area contributed by atoms with Gasteiger partial charge in [-0.15, -0.1) is 0 Å². The van der Waals surface area contributed by atoms with E-state index < -0.39 is 0 Å². The molecule has 2 aromatic heterocycles. The molecule has 0 saturated carbocycles. The van der Waals surface area contributed by atoms with Crippen LogP contribution in [0.1, 0.15) is 48.1 Å². The lowest BCUT2D eigenvalue weighted by atomic mass is 10.00. The molecule has 2 aromatic rings. The van der Waals surface area contributed by atoms with E-state index in [9.17, 15) is 4.79 Å². The predicted molar refractivity (Wildman–Crippen MR) is 74.6 cm³/mol. The Labute approximate surface area is 116 Å². The van der Waals surface area contributed by atoms with Crippen molar-refractivity contribution < 1.29 is 4.79 Å². The molecule has 0 bridgehead atoms. The van der Waals surface area contributed by atoms with Crippen LogP contribution in [0.4, 0.5) is 0 Å². The maximum absolute atomic E-state index is 12.5. The monoisotopic (exact) mass is 278 g/mol. The maximum atomic E-state index is 12.5. The summed E-state index contributed by atoms with van der Waals surface area (Å²) in [5.74, 6) is 0.0573. The van der Waals surface area contributed by atoms with Gasteiger partial charge in [-0.2, -0.15) is 5.10 Å². The third kappa shape index (κ3) is 2.25. The van der Waals surface area contributed by atoms with Gasteiger partial charge in [-0.3, -0.25) is 4.79 Å². The molecule has 1 saturated heterocycles. The normalized spacial score (nSPS) is 20.1. The van der Waals surface area contributed by atoms with Crippen LogP contribution in [-0.4, -0.2) is 38.0 Å². The van der Waals surface area contributed by atoms with E-state index in [4.69, 9.17) is 0 Å². The van der Waals surface area contributed by atoms with Gasteiger partial charge in [0.1, 0.15) is 10.7 Å². The second kappa shape index (κ2) is 4.92. The largest absolute Gasteiger partial charge is 0.334 e. The first-order valence-corrected chi connectivity index (χ1v) is 7.64. The van der Waals surface area contributed by atoms with E-state index in [0.717, 1.165) is 35.8 Å². The average molecular weight is 278 g/mol. The third-order valence-electron chi connectivity index (χ3n) is 3.72. The van der Waals surface area contributed by atoms with Gasteiger partial charge in [-0.05, 0) is 32.6 Å². The summed E-state index contributed by atoms with van der Waals surface area (Å²) in [7, 11) is 0. The topological polar surface area (TPSA) is 50.5 Å². The molecule has 3 rings (SSSR count). The zero-order valence-electron chi connectivity index (χ0n) is 11.3. The molecule has 1 amide bonds. The Kier molecular flexibility index (Phi) is 3.26. The predicted octanol–water partition coefficient (Wildman–Crippen LogP) is 2.50. The van der Waals surface area contributed by atoms with Crippen molar-refractivity contribution in [3.63, 3.8) is 0 Å². The summed E-state index contributed by atoms with van der Waals surface area (Å²) in [6, 6.07) is 0.371. The molecule has 5 nitrogen and oxygen atoms in total. The molecule has 0 radical (unpaired) electrons. The first-order valence-electron chi connectivity index (χ1n) is 6.83. The Bertz CT molecular complexity index is 571. The number of likely N-dealkylation sites (tertiary alicyclic amines) is 1. The Balaban J connectivity index is 1.87. The molecule has 1 aliphatic heterocycles. The lowest BCUT2D eigenvalue weighted by Crippen LogP contribution is -2.43. The minimum absolute atomic E-state index is 0.0573. The molecule has 1 unspecified atom stereocenters. The summed E-state index contributed by atoms with van der Waals surface area (Å²) >= 11 is 1.51. The van der Waals surface area contributed by atoms with Crippen molar-refractivity contribution in [3.05, 3.63) is 16.9 Å².